The quantitative estimate of drug-likeness (QED) is 0.177. The zero-order valence-corrected chi connectivity index (χ0v) is 18.5. The van der Waals surface area contributed by atoms with E-state index in [1.807, 2.05) is 14.0 Å². The van der Waals surface area contributed by atoms with Gasteiger partial charge in [-0.25, -0.2) is 0 Å². The van der Waals surface area contributed by atoms with E-state index in [1.54, 1.807) is 7.11 Å². The van der Waals surface area contributed by atoms with Gasteiger partial charge >= 0.3 is 0 Å². The molecule has 1 N–H and O–H groups in total. The highest BCUT2D eigenvalue weighted by Crippen LogP contribution is 2.13. The van der Waals surface area contributed by atoms with Crippen molar-refractivity contribution in [3.8, 4) is 0 Å². The van der Waals surface area contributed by atoms with Crippen LogP contribution in [0.4, 0.5) is 0 Å². The Kier molecular flexibility index (Phi) is 21.1. The lowest BCUT2D eigenvalue weighted by Crippen LogP contribution is -2.39. The molecular formula is C23H49NO2. The molecule has 0 radical (unpaired) electrons. The molecule has 3 nitrogen and oxygen atoms in total. The lowest BCUT2D eigenvalue weighted by Gasteiger charge is -2.22. The first-order valence-corrected chi connectivity index (χ1v) is 11.6. The first-order chi connectivity index (χ1) is 12.8. The molecule has 158 valence electrons. The van der Waals surface area contributed by atoms with Gasteiger partial charge in [-0.15, -0.1) is 0 Å². The van der Waals surface area contributed by atoms with Gasteiger partial charge < -0.3 is 9.47 Å². The Morgan fingerprint density at radius 3 is 1.38 bits per heavy atom. The van der Waals surface area contributed by atoms with Gasteiger partial charge in [0.05, 0.1) is 6.10 Å². The second-order valence-corrected chi connectivity index (χ2v) is 7.82. The Balaban J connectivity index is 3.15. The van der Waals surface area contributed by atoms with Crippen molar-refractivity contribution in [3.63, 3.8) is 0 Å². The van der Waals surface area contributed by atoms with E-state index in [2.05, 4.69) is 12.2 Å². The molecule has 0 aromatic carbocycles. The van der Waals surface area contributed by atoms with Gasteiger partial charge in [0.1, 0.15) is 6.23 Å². The summed E-state index contributed by atoms with van der Waals surface area (Å²) < 4.78 is 11.1. The lowest BCUT2D eigenvalue weighted by molar-refractivity contribution is -0.0623. The third-order valence-electron chi connectivity index (χ3n) is 5.38. The Hall–Kier alpha value is -0.120. The molecule has 0 aromatic rings. The van der Waals surface area contributed by atoms with E-state index in [9.17, 15) is 0 Å². The summed E-state index contributed by atoms with van der Waals surface area (Å²) in [5, 5.41) is 3.16. The minimum absolute atomic E-state index is 0.0105. The van der Waals surface area contributed by atoms with Crippen LogP contribution in [0.2, 0.25) is 0 Å². The summed E-state index contributed by atoms with van der Waals surface area (Å²) in [4.78, 5) is 0. The van der Waals surface area contributed by atoms with Gasteiger partial charge in [0, 0.05) is 13.7 Å². The van der Waals surface area contributed by atoms with Crippen LogP contribution < -0.4 is 5.32 Å². The van der Waals surface area contributed by atoms with E-state index in [0.29, 0.717) is 0 Å². The van der Waals surface area contributed by atoms with Gasteiger partial charge in [0.2, 0.25) is 0 Å². The number of nitrogens with one attached hydrogen (secondary N) is 1. The van der Waals surface area contributed by atoms with E-state index in [4.69, 9.17) is 9.47 Å². The van der Waals surface area contributed by atoms with Gasteiger partial charge in [-0.1, -0.05) is 103 Å². The zero-order chi connectivity index (χ0) is 19.3. The molecule has 0 saturated heterocycles. The number of hydrogen-bond donors (Lipinski definition) is 1. The maximum Gasteiger partial charge on any atom is 0.134 e. The Morgan fingerprint density at radius 1 is 0.654 bits per heavy atom. The molecule has 0 amide bonds. The monoisotopic (exact) mass is 371 g/mol. The molecule has 26 heavy (non-hydrogen) atoms. The highest BCUT2D eigenvalue weighted by atomic mass is 16.5. The van der Waals surface area contributed by atoms with Crippen molar-refractivity contribution in [2.24, 2.45) is 0 Å². The molecule has 2 atom stereocenters. The fraction of sp³-hybridized carbons (Fsp3) is 1.00. The Bertz CT molecular complexity index is 261. The Labute approximate surface area is 165 Å². The normalized spacial score (nSPS) is 13.8. The molecule has 0 bridgehead atoms. The second kappa shape index (κ2) is 21.2. The summed E-state index contributed by atoms with van der Waals surface area (Å²) in [5.74, 6) is 0. The molecule has 0 heterocycles. The molecule has 0 aromatic heterocycles. The van der Waals surface area contributed by atoms with Crippen molar-refractivity contribution >= 4 is 0 Å². The molecule has 2 unspecified atom stereocenters. The fourth-order valence-corrected chi connectivity index (χ4v) is 3.44. The summed E-state index contributed by atoms with van der Waals surface area (Å²) in [6, 6.07) is 0. The fourth-order valence-electron chi connectivity index (χ4n) is 3.44. The van der Waals surface area contributed by atoms with E-state index >= 15 is 0 Å². The van der Waals surface area contributed by atoms with Gasteiger partial charge in [-0.2, -0.15) is 0 Å². The van der Waals surface area contributed by atoms with Crippen molar-refractivity contribution < 1.29 is 9.47 Å². The van der Waals surface area contributed by atoms with Crippen molar-refractivity contribution in [1.29, 1.82) is 0 Å². The standard InChI is InChI=1S/C23H49NO2/c1-5-6-7-8-9-10-11-12-13-14-15-16-17-18-19-20-21-26-23(24-3)22(2)25-4/h22-24H,5-21H2,1-4H3. The molecule has 0 aliphatic rings. The largest absolute Gasteiger partial charge is 0.378 e. The van der Waals surface area contributed by atoms with Crippen LogP contribution >= 0.6 is 0 Å². The van der Waals surface area contributed by atoms with Crippen LogP contribution in [0.1, 0.15) is 117 Å². The van der Waals surface area contributed by atoms with Crippen LogP contribution in [0.15, 0.2) is 0 Å². The topological polar surface area (TPSA) is 30.5 Å². The van der Waals surface area contributed by atoms with E-state index in [-0.39, 0.29) is 12.3 Å². The maximum atomic E-state index is 5.83. The van der Waals surface area contributed by atoms with Crippen molar-refractivity contribution in [1.82, 2.24) is 5.32 Å². The van der Waals surface area contributed by atoms with Gasteiger partial charge in [0.15, 0.2) is 0 Å². The minimum Gasteiger partial charge on any atom is -0.378 e. The third kappa shape index (κ3) is 17.3. The molecule has 3 heteroatoms. The number of unbranched alkanes of at least 4 members (excludes halogenated alkanes) is 15. The Morgan fingerprint density at radius 2 is 1.04 bits per heavy atom. The molecule has 0 aliphatic carbocycles. The average Bonchev–Trinajstić information content (AvgIpc) is 2.66. The van der Waals surface area contributed by atoms with Crippen molar-refractivity contribution in [3.05, 3.63) is 0 Å². The van der Waals surface area contributed by atoms with Crippen LogP contribution in [0.5, 0.6) is 0 Å². The highest BCUT2D eigenvalue weighted by molar-refractivity contribution is 4.60. The number of methoxy groups -OCH3 is 1. The van der Waals surface area contributed by atoms with E-state index in [0.717, 1.165) is 13.0 Å². The molecule has 0 rings (SSSR count). The van der Waals surface area contributed by atoms with Crippen molar-refractivity contribution in [2.45, 2.75) is 129 Å². The number of hydrogen-bond acceptors (Lipinski definition) is 3. The predicted molar refractivity (Wildman–Crippen MR) is 115 cm³/mol. The highest BCUT2D eigenvalue weighted by Gasteiger charge is 2.14. The van der Waals surface area contributed by atoms with Crippen LogP contribution in [0, 0.1) is 0 Å². The van der Waals surface area contributed by atoms with E-state index in [1.165, 1.54) is 96.3 Å². The maximum absolute atomic E-state index is 5.83. The molecule has 0 fully saturated rings. The van der Waals surface area contributed by atoms with Crippen LogP contribution in [-0.2, 0) is 9.47 Å². The van der Waals surface area contributed by atoms with Crippen molar-refractivity contribution in [2.75, 3.05) is 20.8 Å². The first kappa shape index (κ1) is 25.9. The number of rotatable bonds is 21. The smallest absolute Gasteiger partial charge is 0.134 e. The van der Waals surface area contributed by atoms with Crippen LogP contribution in [-0.4, -0.2) is 33.1 Å². The second-order valence-electron chi connectivity index (χ2n) is 7.82. The first-order valence-electron chi connectivity index (χ1n) is 11.6. The molecule has 0 aliphatic heterocycles. The number of likely N-dealkylation sites (N-methyl/N-ethyl adjacent to an activating group) is 1. The summed E-state index contributed by atoms with van der Waals surface area (Å²) >= 11 is 0. The predicted octanol–water partition coefficient (Wildman–Crippen LogP) is 6.84. The minimum atomic E-state index is 0.0105. The summed E-state index contributed by atoms with van der Waals surface area (Å²) in [5.41, 5.74) is 0. The van der Waals surface area contributed by atoms with E-state index < -0.39 is 0 Å². The van der Waals surface area contributed by atoms with Gasteiger partial charge in [0.25, 0.3) is 0 Å². The average molecular weight is 372 g/mol. The van der Waals surface area contributed by atoms with Gasteiger partial charge in [-0.3, -0.25) is 5.32 Å². The summed E-state index contributed by atoms with van der Waals surface area (Å²) in [6.07, 6.45) is 22.6. The molecule has 0 spiro atoms. The summed E-state index contributed by atoms with van der Waals surface area (Å²) in [6.45, 7) is 5.16. The SMILES string of the molecule is CCCCCCCCCCCCCCCCCCOC(NC)C(C)OC. The molecule has 0 saturated carbocycles. The van der Waals surface area contributed by atoms with Gasteiger partial charge in [-0.05, 0) is 20.4 Å². The lowest BCUT2D eigenvalue weighted by atomic mass is 10.0. The zero-order valence-electron chi connectivity index (χ0n) is 18.5. The number of ether oxygens (including phenoxy) is 2. The van der Waals surface area contributed by atoms with Crippen LogP contribution in [0.25, 0.3) is 0 Å². The molecular weight excluding hydrogens is 322 g/mol. The summed E-state index contributed by atoms with van der Waals surface area (Å²) in [7, 11) is 3.65. The van der Waals surface area contributed by atoms with Crippen LogP contribution in [0.3, 0.4) is 0 Å². The third-order valence-corrected chi connectivity index (χ3v) is 5.38.